The first-order valence-electron chi connectivity index (χ1n) is 17.2. The van der Waals surface area contributed by atoms with Gasteiger partial charge in [-0.05, 0) is 37.1 Å². The molecule has 5 nitrogen and oxygen atoms in total. The van der Waals surface area contributed by atoms with Crippen LogP contribution in [0.5, 0.6) is 11.5 Å². The quantitative estimate of drug-likeness (QED) is 0.0432. The molecule has 3 aromatic rings. The van der Waals surface area contributed by atoms with Crippen LogP contribution >= 0.6 is 19.8 Å². The Bertz CT molecular complexity index is 1620. The van der Waals surface area contributed by atoms with E-state index in [4.69, 9.17) is 9.47 Å². The number of ether oxygens (including phenoxy) is 2. The predicted molar refractivity (Wildman–Crippen MR) is 203 cm³/mol. The summed E-state index contributed by atoms with van der Waals surface area (Å²) in [6, 6.07) is 15.9. The van der Waals surface area contributed by atoms with Gasteiger partial charge in [-0.15, -0.1) is 0 Å². The molecule has 48 heavy (non-hydrogen) atoms. The van der Waals surface area contributed by atoms with Crippen LogP contribution in [0.3, 0.4) is 0 Å². The Morgan fingerprint density at radius 1 is 0.917 bits per heavy atom. The summed E-state index contributed by atoms with van der Waals surface area (Å²) in [7, 11) is 0. The van der Waals surface area contributed by atoms with Crippen LogP contribution in [0.15, 0.2) is 64.8 Å². The zero-order valence-electron chi connectivity index (χ0n) is 29.0. The van der Waals surface area contributed by atoms with Gasteiger partial charge in [-0.25, -0.2) is 4.39 Å². The summed E-state index contributed by atoms with van der Waals surface area (Å²) >= 11 is -1.50. The molecule has 3 aromatic carbocycles. The minimum atomic E-state index is -1.50. The van der Waals surface area contributed by atoms with Crippen LogP contribution in [-0.4, -0.2) is 33.5 Å². The van der Waals surface area contributed by atoms with Crippen molar-refractivity contribution in [3.63, 3.8) is 0 Å². The number of hydrogen-bond acceptors (Lipinski definition) is 4. The molecule has 0 atom stereocenters. The van der Waals surface area contributed by atoms with Crippen LogP contribution in [0.4, 0.5) is 4.39 Å². The summed E-state index contributed by atoms with van der Waals surface area (Å²) in [5.74, 6) is 0.116. The van der Waals surface area contributed by atoms with E-state index in [9.17, 15) is 19.1 Å². The van der Waals surface area contributed by atoms with Crippen molar-refractivity contribution in [2.45, 2.75) is 98.0 Å². The molecule has 0 saturated heterocycles. The molecule has 258 valence electrons. The molecule has 0 aromatic heterocycles. The van der Waals surface area contributed by atoms with E-state index >= 15 is 0 Å². The van der Waals surface area contributed by atoms with Gasteiger partial charge in [-0.2, -0.15) is 0 Å². The number of halogens is 2. The maximum atomic E-state index is 13.7. The van der Waals surface area contributed by atoms with E-state index in [-0.39, 0.29) is 11.6 Å². The van der Waals surface area contributed by atoms with Gasteiger partial charge in [0.05, 0.1) is 0 Å². The molecule has 0 unspecified atom stereocenters. The van der Waals surface area contributed by atoms with E-state index in [1.807, 2.05) is 24.3 Å². The topological polar surface area (TPSA) is 72.8 Å². The fourth-order valence-corrected chi connectivity index (χ4v) is 11.2. The number of carboxylic acid groups (broad SMARTS) is 1. The number of carbonyl (C=O) groups excluding carboxylic acids is 1. The van der Waals surface area contributed by atoms with E-state index in [2.05, 4.69) is 43.1 Å². The van der Waals surface area contributed by atoms with Gasteiger partial charge < -0.3 is 0 Å². The van der Waals surface area contributed by atoms with Crippen LogP contribution in [0.1, 0.15) is 112 Å². The number of alkyl halides is 1. The molecule has 1 heterocycles. The Morgan fingerprint density at radius 2 is 1.69 bits per heavy atom. The van der Waals surface area contributed by atoms with Gasteiger partial charge in [0.1, 0.15) is 5.82 Å². The third-order valence-corrected chi connectivity index (χ3v) is 14.2. The monoisotopic (exact) mass is 768 g/mol. The fourth-order valence-electron chi connectivity index (χ4n) is 5.81. The Kier molecular flexibility index (Phi) is 13.9. The fraction of sp³-hybridized carbons (Fsp3) is 0.415. The molecular weight excluding hydrogens is 718 g/mol. The van der Waals surface area contributed by atoms with E-state index < -0.39 is 31.4 Å². The maximum absolute atomic E-state index is 13.7. The van der Waals surface area contributed by atoms with Crippen molar-refractivity contribution in [1.29, 1.82) is 0 Å². The normalized spacial score (nSPS) is 13.5. The molecule has 4 rings (SSSR count). The summed E-state index contributed by atoms with van der Waals surface area (Å²) in [6.07, 6.45) is 13.2. The number of allylic oxidation sites excluding steroid dienone is 2. The first-order valence-corrected chi connectivity index (χ1v) is 21.1. The second kappa shape index (κ2) is 17.8. The second-order valence-corrected chi connectivity index (χ2v) is 18.0. The molecule has 0 aliphatic carbocycles. The summed E-state index contributed by atoms with van der Waals surface area (Å²) in [4.78, 5) is 25.3. The number of carbonyl (C=O) groups is 2. The molecule has 0 saturated carbocycles. The molecule has 0 spiro atoms. The number of hydrogen-bond donors (Lipinski definition) is 1. The average molecular weight is 769 g/mol. The first kappa shape index (κ1) is 37.4. The van der Waals surface area contributed by atoms with Crippen molar-refractivity contribution in [3.8, 4) is 11.5 Å². The van der Waals surface area contributed by atoms with E-state index in [0.717, 1.165) is 90.2 Å². The van der Waals surface area contributed by atoms with Crippen LogP contribution in [-0.2, 0) is 11.2 Å². The molecule has 0 amide bonds. The van der Waals surface area contributed by atoms with Crippen molar-refractivity contribution in [3.05, 3.63) is 102 Å². The summed E-state index contributed by atoms with van der Waals surface area (Å²) in [6.45, 7) is 10.2. The molecule has 1 aliphatic heterocycles. The number of carboxylic acids is 1. The Morgan fingerprint density at radius 3 is 2.40 bits per heavy atom. The van der Waals surface area contributed by atoms with E-state index in [1.54, 1.807) is 26.0 Å². The Balaban J connectivity index is 1.38. The van der Waals surface area contributed by atoms with Crippen LogP contribution < -0.4 is 9.47 Å². The van der Waals surface area contributed by atoms with Crippen molar-refractivity contribution in [2.24, 2.45) is 0 Å². The molecule has 1 N–H and O–H groups in total. The number of fused-ring (bicyclic) bond motifs is 1. The van der Waals surface area contributed by atoms with Crippen molar-refractivity contribution in [1.82, 2.24) is 0 Å². The van der Waals surface area contributed by atoms with E-state index in [1.165, 1.54) is 15.7 Å². The summed E-state index contributed by atoms with van der Waals surface area (Å²) in [5.41, 5.74) is 4.07. The molecule has 0 radical (unpaired) electrons. The molecule has 0 fully saturated rings. The second-order valence-electron chi connectivity index (χ2n) is 12.8. The van der Waals surface area contributed by atoms with Gasteiger partial charge in [0, 0.05) is 5.56 Å². The molecule has 7 heteroatoms. The van der Waals surface area contributed by atoms with Crippen LogP contribution in [0.2, 0.25) is 0 Å². The SMILES string of the molecule is CCCCC/C=C(/C(=O)c1ccc(F)cc1)c1ccc(OCCCCCI2C=Cc3c(OC(C)(C)C(=O)O)cccc32)c(CCC)c1C. The standard InChI is InChI=1S/C41H50FIO5/c1-6-8-9-11-16-34(39(44)30-19-21-31(42)22-20-30)32-23-24-37(33(15-7-2)29(32)3)47-28-13-10-12-26-43-27-25-35-36(43)17-14-18-38(35)48-41(4,5)40(45)46/h14,16-25,27H,6-13,15,26,28H2,1-5H3,(H,45,46)/b34-16+. The van der Waals surface area contributed by atoms with Gasteiger partial charge in [0.2, 0.25) is 0 Å². The number of benzene rings is 3. The minimum absolute atomic E-state index is 0.0812. The summed E-state index contributed by atoms with van der Waals surface area (Å²) < 4.78 is 30.7. The number of unbranched alkanes of at least 4 members (excludes halogenated alkanes) is 5. The van der Waals surface area contributed by atoms with Crippen LogP contribution in [0, 0.1) is 16.3 Å². The van der Waals surface area contributed by atoms with Crippen molar-refractivity contribution < 1.29 is 28.6 Å². The molecule has 0 bridgehead atoms. The van der Waals surface area contributed by atoms with Crippen LogP contribution in [0.25, 0.3) is 11.6 Å². The third-order valence-electron chi connectivity index (χ3n) is 8.63. The van der Waals surface area contributed by atoms with Gasteiger partial charge in [-0.1, -0.05) is 19.8 Å². The van der Waals surface area contributed by atoms with Crippen molar-refractivity contribution >= 4 is 43.2 Å². The van der Waals surface area contributed by atoms with Gasteiger partial charge in [0.15, 0.2) is 0 Å². The molecule has 1 aliphatic rings. The van der Waals surface area contributed by atoms with E-state index in [0.29, 0.717) is 23.5 Å². The Labute approximate surface area is 293 Å². The molecular formula is C41H50FIO5. The van der Waals surface area contributed by atoms with Gasteiger partial charge >= 0.3 is 217 Å². The zero-order valence-corrected chi connectivity index (χ0v) is 31.2. The van der Waals surface area contributed by atoms with Gasteiger partial charge in [0.25, 0.3) is 0 Å². The van der Waals surface area contributed by atoms with Crippen molar-refractivity contribution in [2.75, 3.05) is 11.0 Å². The average Bonchev–Trinajstić information content (AvgIpc) is 3.48. The number of ketones is 1. The Hall–Kier alpha value is -3.46. The number of aliphatic carboxylic acids is 1. The predicted octanol–water partition coefficient (Wildman–Crippen LogP) is 11.1. The zero-order chi connectivity index (χ0) is 34.7. The summed E-state index contributed by atoms with van der Waals surface area (Å²) in [5, 5.41) is 9.49. The number of Topliss-reactive ketones (excluding diaryl/α,β-unsaturated/α-hetero) is 1. The van der Waals surface area contributed by atoms with Gasteiger partial charge in [-0.3, -0.25) is 4.79 Å². The third kappa shape index (κ3) is 9.58. The first-order chi connectivity index (χ1) is 23.1. The number of rotatable bonds is 19.